The minimum atomic E-state index is -0.476. The Morgan fingerprint density at radius 2 is 1.78 bits per heavy atom. The molecule has 2 N–H and O–H groups in total. The van der Waals surface area contributed by atoms with Gasteiger partial charge >= 0.3 is 0 Å². The van der Waals surface area contributed by atoms with Gasteiger partial charge < -0.3 is 10.1 Å². The average Bonchev–Trinajstić information content (AvgIpc) is 2.75. The van der Waals surface area contributed by atoms with E-state index in [4.69, 9.17) is 0 Å². The second-order valence-corrected chi connectivity index (χ2v) is 7.77. The Balaban J connectivity index is 2.53. The summed E-state index contributed by atoms with van der Waals surface area (Å²) < 4.78 is 1.08. The zero-order chi connectivity index (χ0) is 17.4. The molecule has 1 heterocycles. The zero-order valence-electron chi connectivity index (χ0n) is 14.0. The molecule has 122 valence electrons. The first kappa shape index (κ1) is 17.2. The van der Waals surface area contributed by atoms with E-state index in [1.165, 1.54) is 17.4 Å². The van der Waals surface area contributed by atoms with Crippen molar-refractivity contribution in [2.75, 3.05) is 0 Å². The first-order chi connectivity index (χ1) is 10.6. The number of carbonyl (C=O) groups is 1. The molecule has 0 aliphatic carbocycles. The number of aromatic amines is 1. The predicted molar refractivity (Wildman–Crippen MR) is 94.3 cm³/mol. The van der Waals surface area contributed by atoms with Crippen LogP contribution in [0.4, 0.5) is 0 Å². The molecule has 5 heteroatoms. The average molecular weight is 331 g/mol. The van der Waals surface area contributed by atoms with Gasteiger partial charge in [-0.05, 0) is 48.7 Å². The van der Waals surface area contributed by atoms with Gasteiger partial charge in [-0.1, -0.05) is 20.8 Å². The molecular weight excluding hydrogens is 310 g/mol. The summed E-state index contributed by atoms with van der Waals surface area (Å²) in [5.74, 6) is 0.241. The summed E-state index contributed by atoms with van der Waals surface area (Å²) in [5.41, 5.74) is 1.68. The molecular formula is C18H21NO3S. The van der Waals surface area contributed by atoms with Crippen molar-refractivity contribution in [3.8, 4) is 5.75 Å². The summed E-state index contributed by atoms with van der Waals surface area (Å²) in [6.07, 6.45) is 3.25. The fourth-order valence-electron chi connectivity index (χ4n) is 2.08. The minimum Gasteiger partial charge on any atom is -0.507 e. The highest BCUT2D eigenvalue weighted by Crippen LogP contribution is 2.23. The van der Waals surface area contributed by atoms with E-state index in [0.717, 1.165) is 16.7 Å². The first-order valence-corrected chi connectivity index (χ1v) is 8.17. The normalized spacial score (nSPS) is 13.6. The molecule has 0 saturated carbocycles. The standard InChI is InChI=1S/C18H21NO3S/c1-10-6-12(7-11(2)16(10)21)8-13-17(22)19-15(23-13)9-14(20)18(3,4)5/h6-9,21H,1-5H3,(H,19,22)/b13-8-,15-9-. The fraction of sp³-hybridized carbons (Fsp3) is 0.333. The van der Waals surface area contributed by atoms with Crippen molar-refractivity contribution < 1.29 is 9.90 Å². The van der Waals surface area contributed by atoms with Crippen LogP contribution in [0.15, 0.2) is 16.9 Å². The third-order valence-corrected chi connectivity index (χ3v) is 4.46. The van der Waals surface area contributed by atoms with Crippen LogP contribution in [-0.4, -0.2) is 15.9 Å². The molecule has 0 unspecified atom stereocenters. The SMILES string of the molecule is Cc1cc(/C=c2\s/c(=C\C(=O)C(C)(C)C)[nH]c2=O)cc(C)c1O. The largest absolute Gasteiger partial charge is 0.507 e. The van der Waals surface area contributed by atoms with Crippen LogP contribution in [0.2, 0.25) is 0 Å². The third kappa shape index (κ3) is 3.99. The smallest absolute Gasteiger partial charge is 0.266 e. The summed E-state index contributed by atoms with van der Waals surface area (Å²) in [7, 11) is 0. The molecule has 0 atom stereocenters. The lowest BCUT2D eigenvalue weighted by atomic mass is 9.91. The molecule has 0 spiro atoms. The molecule has 0 radical (unpaired) electrons. The molecule has 0 fully saturated rings. The molecule has 4 nitrogen and oxygen atoms in total. The number of Topliss-reactive ketones (excluding diaryl/α,β-unsaturated/α-hetero) is 1. The van der Waals surface area contributed by atoms with Crippen LogP contribution in [0.3, 0.4) is 0 Å². The Morgan fingerprint density at radius 3 is 2.30 bits per heavy atom. The van der Waals surface area contributed by atoms with Crippen LogP contribution in [0, 0.1) is 19.3 Å². The molecule has 0 amide bonds. The number of phenolic OH excluding ortho intramolecular Hbond substituents is 1. The Bertz CT molecular complexity index is 903. The Labute approximate surface area is 138 Å². The highest BCUT2D eigenvalue weighted by Gasteiger charge is 2.18. The molecule has 1 aromatic heterocycles. The van der Waals surface area contributed by atoms with E-state index >= 15 is 0 Å². The molecule has 2 aromatic rings. The number of carbonyl (C=O) groups excluding carboxylic acids is 1. The summed E-state index contributed by atoms with van der Waals surface area (Å²) in [4.78, 5) is 26.8. The topological polar surface area (TPSA) is 70.2 Å². The maximum absolute atomic E-state index is 12.1. The van der Waals surface area contributed by atoms with Crippen LogP contribution in [0.5, 0.6) is 5.75 Å². The number of ketones is 1. The van der Waals surface area contributed by atoms with E-state index in [1.807, 2.05) is 46.8 Å². The van der Waals surface area contributed by atoms with Crippen molar-refractivity contribution in [2.24, 2.45) is 5.41 Å². The third-order valence-electron chi connectivity index (χ3n) is 3.49. The van der Waals surface area contributed by atoms with Crippen molar-refractivity contribution in [1.29, 1.82) is 0 Å². The highest BCUT2D eigenvalue weighted by atomic mass is 32.1. The fourth-order valence-corrected chi connectivity index (χ4v) is 2.97. The van der Waals surface area contributed by atoms with E-state index in [0.29, 0.717) is 9.20 Å². The minimum absolute atomic E-state index is 0.0297. The number of thiazole rings is 1. The van der Waals surface area contributed by atoms with Gasteiger partial charge in [-0.25, -0.2) is 0 Å². The quantitative estimate of drug-likeness (QED) is 0.884. The summed E-state index contributed by atoms with van der Waals surface area (Å²) >= 11 is 1.25. The number of aromatic nitrogens is 1. The molecule has 0 bridgehead atoms. The maximum atomic E-state index is 12.1. The number of hydrogen-bond acceptors (Lipinski definition) is 4. The number of nitrogens with one attached hydrogen (secondary N) is 1. The molecule has 0 aliphatic heterocycles. The van der Waals surface area contributed by atoms with Crippen molar-refractivity contribution in [2.45, 2.75) is 34.6 Å². The molecule has 1 aromatic carbocycles. The first-order valence-electron chi connectivity index (χ1n) is 7.35. The van der Waals surface area contributed by atoms with Crippen molar-refractivity contribution in [3.05, 3.63) is 48.4 Å². The van der Waals surface area contributed by atoms with Crippen LogP contribution < -0.4 is 14.8 Å². The number of aromatic hydroxyl groups is 1. The van der Waals surface area contributed by atoms with Crippen molar-refractivity contribution in [3.63, 3.8) is 0 Å². The highest BCUT2D eigenvalue weighted by molar-refractivity contribution is 7.07. The van der Waals surface area contributed by atoms with Gasteiger partial charge in [-0.2, -0.15) is 0 Å². The molecule has 0 aliphatic rings. The van der Waals surface area contributed by atoms with Gasteiger partial charge in [0.25, 0.3) is 5.56 Å². The predicted octanol–water partition coefficient (Wildman–Crippen LogP) is 1.98. The van der Waals surface area contributed by atoms with E-state index in [-0.39, 0.29) is 17.1 Å². The number of aryl methyl sites for hydroxylation is 2. The Morgan fingerprint density at radius 1 is 1.22 bits per heavy atom. The molecule has 0 saturated heterocycles. The van der Waals surface area contributed by atoms with Gasteiger partial charge in [0, 0.05) is 11.5 Å². The van der Waals surface area contributed by atoms with Crippen LogP contribution in [-0.2, 0) is 4.79 Å². The zero-order valence-corrected chi connectivity index (χ0v) is 14.8. The van der Waals surface area contributed by atoms with E-state index in [9.17, 15) is 14.7 Å². The van der Waals surface area contributed by atoms with Gasteiger partial charge in [0.15, 0.2) is 5.78 Å². The van der Waals surface area contributed by atoms with Gasteiger partial charge in [-0.15, -0.1) is 11.3 Å². The number of H-pyrrole nitrogens is 1. The Hall–Kier alpha value is -2.14. The number of hydrogen-bond donors (Lipinski definition) is 2. The second-order valence-electron chi connectivity index (χ2n) is 6.69. The monoisotopic (exact) mass is 331 g/mol. The number of benzene rings is 1. The van der Waals surface area contributed by atoms with Gasteiger partial charge in [0.2, 0.25) is 0 Å². The molecule has 23 heavy (non-hydrogen) atoms. The van der Waals surface area contributed by atoms with Crippen LogP contribution in [0.1, 0.15) is 37.5 Å². The van der Waals surface area contributed by atoms with Gasteiger partial charge in [0.1, 0.15) is 5.75 Å². The van der Waals surface area contributed by atoms with Crippen LogP contribution in [0.25, 0.3) is 12.2 Å². The maximum Gasteiger partial charge on any atom is 0.266 e. The van der Waals surface area contributed by atoms with Gasteiger partial charge in [-0.3, -0.25) is 9.59 Å². The van der Waals surface area contributed by atoms with Gasteiger partial charge in [0.05, 0.1) is 9.20 Å². The van der Waals surface area contributed by atoms with E-state index < -0.39 is 5.41 Å². The second kappa shape index (κ2) is 6.16. The van der Waals surface area contributed by atoms with E-state index in [2.05, 4.69) is 4.98 Å². The lowest BCUT2D eigenvalue weighted by Gasteiger charge is -2.12. The summed E-state index contributed by atoms with van der Waals surface area (Å²) in [5, 5.41) is 9.81. The lowest BCUT2D eigenvalue weighted by Crippen LogP contribution is -2.22. The summed E-state index contributed by atoms with van der Waals surface area (Å²) in [6, 6.07) is 3.65. The Kier molecular flexibility index (Phi) is 4.61. The molecule has 2 rings (SSSR count). The van der Waals surface area contributed by atoms with Crippen LogP contribution >= 0.6 is 11.3 Å². The van der Waals surface area contributed by atoms with Crippen molar-refractivity contribution in [1.82, 2.24) is 4.98 Å². The lowest BCUT2D eigenvalue weighted by molar-refractivity contribution is -0.119. The number of rotatable bonds is 2. The van der Waals surface area contributed by atoms with E-state index in [1.54, 1.807) is 6.08 Å². The summed E-state index contributed by atoms with van der Waals surface area (Å²) in [6.45, 7) is 9.16. The number of phenols is 1. The van der Waals surface area contributed by atoms with Crippen molar-refractivity contribution >= 4 is 29.3 Å².